The van der Waals surface area contributed by atoms with Gasteiger partial charge in [-0.25, -0.2) is 10.2 Å². The molecule has 1 amide bonds. The van der Waals surface area contributed by atoms with Crippen LogP contribution in [0.2, 0.25) is 0 Å². The van der Waals surface area contributed by atoms with Crippen LogP contribution < -0.4 is 14.9 Å². The quantitative estimate of drug-likeness (QED) is 0.443. The van der Waals surface area contributed by atoms with Gasteiger partial charge in [-0.3, -0.25) is 0 Å². The highest BCUT2D eigenvalue weighted by molar-refractivity contribution is 5.80. The Kier molecular flexibility index (Phi) is 7.49. The molecule has 1 N–H and O–H groups in total. The lowest BCUT2D eigenvalue weighted by Gasteiger charge is -2.11. The Hall–Kier alpha value is -3.02. The van der Waals surface area contributed by atoms with Crippen molar-refractivity contribution in [1.29, 1.82) is 0 Å². The van der Waals surface area contributed by atoms with Gasteiger partial charge in [-0.05, 0) is 60.9 Å². The lowest BCUT2D eigenvalue weighted by atomic mass is 10.1. The smallest absolute Gasteiger partial charge is 0.427 e. The van der Waals surface area contributed by atoms with Gasteiger partial charge < -0.3 is 14.2 Å². The number of nitrogens with zero attached hydrogens (tertiary/aromatic N) is 1. The van der Waals surface area contributed by atoms with Crippen LogP contribution in [0.25, 0.3) is 0 Å². The summed E-state index contributed by atoms with van der Waals surface area (Å²) in [5, 5.41) is 3.76. The number of amides is 1. The Labute approximate surface area is 153 Å². The second-order valence-corrected chi connectivity index (χ2v) is 5.68. The van der Waals surface area contributed by atoms with Crippen LogP contribution in [0.3, 0.4) is 0 Å². The van der Waals surface area contributed by atoms with Gasteiger partial charge in [0.1, 0.15) is 11.5 Å². The monoisotopic (exact) mass is 356 g/mol. The van der Waals surface area contributed by atoms with Crippen molar-refractivity contribution < 1.29 is 19.0 Å². The molecule has 0 atom stereocenters. The lowest BCUT2D eigenvalue weighted by molar-refractivity contribution is 0.171. The summed E-state index contributed by atoms with van der Waals surface area (Å²) in [5.41, 5.74) is 5.47. The van der Waals surface area contributed by atoms with Crippen molar-refractivity contribution in [2.75, 3.05) is 20.3 Å². The molecule has 0 aliphatic carbocycles. The Balaban J connectivity index is 1.69. The highest BCUT2D eigenvalue weighted by Gasteiger charge is 2.01. The van der Waals surface area contributed by atoms with Crippen molar-refractivity contribution in [2.24, 2.45) is 5.10 Å². The molecule has 138 valence electrons. The van der Waals surface area contributed by atoms with E-state index in [1.54, 1.807) is 0 Å². The largest absolute Gasteiger partial charge is 0.493 e. The molecule has 0 saturated carbocycles. The highest BCUT2D eigenvalue weighted by Crippen LogP contribution is 2.20. The van der Waals surface area contributed by atoms with E-state index < -0.39 is 6.09 Å². The number of aryl methyl sites for hydroxylation is 1. The number of hydrogen-bond donors (Lipinski definition) is 1. The number of nitrogens with one attached hydrogen (secondary N) is 1. The van der Waals surface area contributed by atoms with E-state index in [9.17, 15) is 4.79 Å². The maximum absolute atomic E-state index is 10.9. The van der Waals surface area contributed by atoms with E-state index in [4.69, 9.17) is 9.47 Å². The molecular weight excluding hydrogens is 332 g/mol. The first-order valence-electron chi connectivity index (χ1n) is 8.39. The fraction of sp³-hybridized carbons (Fsp3) is 0.300. The molecule has 6 heteroatoms. The van der Waals surface area contributed by atoms with E-state index in [0.29, 0.717) is 13.2 Å². The van der Waals surface area contributed by atoms with Crippen molar-refractivity contribution >= 4 is 12.3 Å². The molecule has 0 aliphatic rings. The van der Waals surface area contributed by atoms with Crippen LogP contribution in [0.15, 0.2) is 47.6 Å². The zero-order valence-corrected chi connectivity index (χ0v) is 15.3. The Morgan fingerprint density at radius 3 is 2.54 bits per heavy atom. The van der Waals surface area contributed by atoms with E-state index in [0.717, 1.165) is 23.5 Å². The predicted octanol–water partition coefficient (Wildman–Crippen LogP) is 3.84. The number of benzene rings is 2. The van der Waals surface area contributed by atoms with E-state index in [1.807, 2.05) is 36.4 Å². The second kappa shape index (κ2) is 10.1. The first-order valence-corrected chi connectivity index (χ1v) is 8.39. The predicted molar refractivity (Wildman–Crippen MR) is 101 cm³/mol. The summed E-state index contributed by atoms with van der Waals surface area (Å²) in [5.74, 6) is 1.70. The maximum Gasteiger partial charge on any atom is 0.427 e. The average Bonchev–Trinajstić information content (AvgIpc) is 2.65. The van der Waals surface area contributed by atoms with Crippen LogP contribution in [0.5, 0.6) is 11.5 Å². The molecular formula is C20H24N2O4. The number of carbonyl (C=O) groups excluding carboxylic acids is 1. The third-order valence-corrected chi connectivity index (χ3v) is 3.80. The van der Waals surface area contributed by atoms with Crippen LogP contribution in [-0.4, -0.2) is 32.6 Å². The Bertz CT molecular complexity index is 742. The minimum Gasteiger partial charge on any atom is -0.493 e. The van der Waals surface area contributed by atoms with Crippen LogP contribution in [0, 0.1) is 13.8 Å². The first-order chi connectivity index (χ1) is 12.6. The molecule has 0 aromatic heterocycles. The molecule has 2 rings (SSSR count). The summed E-state index contributed by atoms with van der Waals surface area (Å²) >= 11 is 0. The highest BCUT2D eigenvalue weighted by atomic mass is 16.5. The number of hydrazone groups is 1. The number of methoxy groups -OCH3 is 1. The zero-order valence-electron chi connectivity index (χ0n) is 15.3. The van der Waals surface area contributed by atoms with Gasteiger partial charge >= 0.3 is 6.09 Å². The summed E-state index contributed by atoms with van der Waals surface area (Å²) in [4.78, 5) is 10.9. The number of hydrogen-bond acceptors (Lipinski definition) is 5. The van der Waals surface area contributed by atoms with Gasteiger partial charge in [-0.2, -0.15) is 5.10 Å². The molecule has 0 bridgehead atoms. The van der Waals surface area contributed by atoms with E-state index >= 15 is 0 Å². The van der Waals surface area contributed by atoms with Crippen LogP contribution >= 0.6 is 0 Å². The summed E-state index contributed by atoms with van der Waals surface area (Å²) in [6.07, 6.45) is 1.71. The van der Waals surface area contributed by atoms with Gasteiger partial charge in [0, 0.05) is 6.42 Å². The summed E-state index contributed by atoms with van der Waals surface area (Å²) in [7, 11) is 1.28. The van der Waals surface area contributed by atoms with Crippen molar-refractivity contribution in [3.63, 3.8) is 0 Å². The first kappa shape index (κ1) is 19.3. The lowest BCUT2D eigenvalue weighted by Crippen LogP contribution is -2.16. The molecule has 0 fully saturated rings. The van der Waals surface area contributed by atoms with Gasteiger partial charge in [0.05, 0.1) is 26.5 Å². The third-order valence-electron chi connectivity index (χ3n) is 3.80. The van der Waals surface area contributed by atoms with E-state index in [2.05, 4.69) is 35.2 Å². The summed E-state index contributed by atoms with van der Waals surface area (Å²) in [6, 6.07) is 13.5. The van der Waals surface area contributed by atoms with Crippen molar-refractivity contribution in [1.82, 2.24) is 5.43 Å². The van der Waals surface area contributed by atoms with E-state index in [1.165, 1.54) is 24.5 Å². The van der Waals surface area contributed by atoms with Gasteiger partial charge in [0.15, 0.2) is 0 Å². The molecule has 0 saturated heterocycles. The van der Waals surface area contributed by atoms with Crippen molar-refractivity contribution in [3.05, 3.63) is 59.2 Å². The molecule has 0 heterocycles. The molecule has 6 nitrogen and oxygen atoms in total. The minimum absolute atomic E-state index is 0.572. The number of carbonyl (C=O) groups is 1. The van der Waals surface area contributed by atoms with E-state index in [-0.39, 0.29) is 0 Å². The average molecular weight is 356 g/mol. The molecule has 2 aromatic carbocycles. The third kappa shape index (κ3) is 6.12. The van der Waals surface area contributed by atoms with Gasteiger partial charge in [0.2, 0.25) is 0 Å². The van der Waals surface area contributed by atoms with Gasteiger partial charge in [0.25, 0.3) is 0 Å². The molecule has 0 spiro atoms. The Morgan fingerprint density at radius 1 is 1.08 bits per heavy atom. The normalized spacial score (nSPS) is 10.6. The van der Waals surface area contributed by atoms with Gasteiger partial charge in [-0.15, -0.1) is 0 Å². The molecule has 0 aliphatic heterocycles. The van der Waals surface area contributed by atoms with Crippen molar-refractivity contribution in [2.45, 2.75) is 20.3 Å². The number of rotatable bonds is 8. The van der Waals surface area contributed by atoms with Crippen LogP contribution in [0.4, 0.5) is 4.79 Å². The standard InChI is InChI=1S/C20H24N2O4/c1-15-6-4-7-19(16(15)2)26-13-5-12-25-18-10-8-17(9-11-18)14-21-22-20(23)24-3/h4,6-11,14H,5,12-13H2,1-3H3,(H,22,23)/b21-14-. The SMILES string of the molecule is COC(=O)N/N=C\c1ccc(OCCCOc2cccc(C)c2C)cc1. The Morgan fingerprint density at radius 2 is 1.81 bits per heavy atom. The summed E-state index contributed by atoms with van der Waals surface area (Å²) < 4.78 is 15.9. The minimum atomic E-state index is -0.607. The van der Waals surface area contributed by atoms with Crippen LogP contribution in [0.1, 0.15) is 23.1 Å². The fourth-order valence-electron chi connectivity index (χ4n) is 2.17. The second-order valence-electron chi connectivity index (χ2n) is 5.68. The fourth-order valence-corrected chi connectivity index (χ4v) is 2.17. The van der Waals surface area contributed by atoms with Gasteiger partial charge in [-0.1, -0.05) is 12.1 Å². The molecule has 26 heavy (non-hydrogen) atoms. The molecule has 0 radical (unpaired) electrons. The summed E-state index contributed by atoms with van der Waals surface area (Å²) in [6.45, 7) is 5.31. The zero-order chi connectivity index (χ0) is 18.8. The maximum atomic E-state index is 10.9. The van der Waals surface area contributed by atoms with Crippen LogP contribution in [-0.2, 0) is 4.74 Å². The topological polar surface area (TPSA) is 69.2 Å². The molecule has 2 aromatic rings. The van der Waals surface area contributed by atoms with Crippen molar-refractivity contribution in [3.8, 4) is 11.5 Å². The molecule has 0 unspecified atom stereocenters. The number of ether oxygens (including phenoxy) is 3.